The van der Waals surface area contributed by atoms with Crippen molar-refractivity contribution in [3.05, 3.63) is 46.9 Å². The first-order valence-corrected chi connectivity index (χ1v) is 10.0. The zero-order valence-electron chi connectivity index (χ0n) is 16.9. The normalized spacial score (nSPS) is 25.7. The predicted molar refractivity (Wildman–Crippen MR) is 107 cm³/mol. The first-order chi connectivity index (χ1) is 12.7. The van der Waals surface area contributed by atoms with E-state index in [-0.39, 0.29) is 23.7 Å². The second kappa shape index (κ2) is 6.48. The van der Waals surface area contributed by atoms with Crippen molar-refractivity contribution >= 4 is 7.12 Å². The Morgan fingerprint density at radius 2 is 1.70 bits per heavy atom. The smallest absolute Gasteiger partial charge is 0.400 e. The molecule has 27 heavy (non-hydrogen) atoms. The molecule has 2 aliphatic heterocycles. The maximum atomic E-state index is 9.33. The molecule has 0 spiro atoms. The predicted octanol–water partition coefficient (Wildman–Crippen LogP) is 4.01. The Bertz CT molecular complexity index is 772. The van der Waals surface area contributed by atoms with Gasteiger partial charge in [0.25, 0.3) is 0 Å². The zero-order valence-corrected chi connectivity index (χ0v) is 16.9. The Labute approximate surface area is 163 Å². The molecule has 0 bridgehead atoms. The van der Waals surface area contributed by atoms with Crippen LogP contribution in [0.5, 0.6) is 0 Å². The van der Waals surface area contributed by atoms with Crippen LogP contribution in [0.15, 0.2) is 35.8 Å². The van der Waals surface area contributed by atoms with Crippen LogP contribution in [0.2, 0.25) is 0 Å². The first kappa shape index (κ1) is 18.7. The summed E-state index contributed by atoms with van der Waals surface area (Å²) in [6, 6.07) is 11.1. The highest BCUT2D eigenvalue weighted by Gasteiger charge is 2.52. The zero-order chi connectivity index (χ0) is 19.3. The van der Waals surface area contributed by atoms with E-state index in [0.29, 0.717) is 0 Å². The van der Waals surface area contributed by atoms with Gasteiger partial charge < -0.3 is 9.31 Å². The minimum absolute atomic E-state index is 0.190. The Hall–Kier alpha value is -1.61. The van der Waals surface area contributed by atoms with Gasteiger partial charge in [0.2, 0.25) is 0 Å². The summed E-state index contributed by atoms with van der Waals surface area (Å²) in [6.45, 7) is 11.3. The summed E-state index contributed by atoms with van der Waals surface area (Å²) in [5, 5.41) is 9.33. The van der Waals surface area contributed by atoms with Gasteiger partial charge in [-0.3, -0.25) is 4.90 Å². The number of nitriles is 1. The quantitative estimate of drug-likeness (QED) is 0.758. The summed E-state index contributed by atoms with van der Waals surface area (Å²) < 4.78 is 12.4. The van der Waals surface area contributed by atoms with Crippen molar-refractivity contribution in [2.45, 2.75) is 70.1 Å². The van der Waals surface area contributed by atoms with Gasteiger partial charge in [-0.1, -0.05) is 30.3 Å². The SMILES string of the molecule is CC1(C)OB(C2=CCN(Cc3ccc(C4(C#N)CC4)cc3)CC2)OC1(C)C. The molecule has 1 saturated heterocycles. The lowest BCUT2D eigenvalue weighted by atomic mass is 9.74. The van der Waals surface area contributed by atoms with Crippen molar-refractivity contribution in [3.63, 3.8) is 0 Å². The number of hydrogen-bond acceptors (Lipinski definition) is 4. The lowest BCUT2D eigenvalue weighted by Gasteiger charge is -2.32. The van der Waals surface area contributed by atoms with Gasteiger partial charge in [0, 0.05) is 19.6 Å². The van der Waals surface area contributed by atoms with E-state index in [2.05, 4.69) is 69.0 Å². The molecule has 4 nitrogen and oxygen atoms in total. The van der Waals surface area contributed by atoms with Crippen LogP contribution in [0.4, 0.5) is 0 Å². The van der Waals surface area contributed by atoms with Crippen molar-refractivity contribution < 1.29 is 9.31 Å². The number of nitrogens with zero attached hydrogens (tertiary/aromatic N) is 2. The van der Waals surface area contributed by atoms with Crippen molar-refractivity contribution in [1.82, 2.24) is 4.90 Å². The van der Waals surface area contributed by atoms with Crippen LogP contribution in [0, 0.1) is 11.3 Å². The van der Waals surface area contributed by atoms with Gasteiger partial charge in [-0.25, -0.2) is 0 Å². The van der Waals surface area contributed by atoms with Crippen molar-refractivity contribution in [2.75, 3.05) is 13.1 Å². The second-order valence-electron chi connectivity index (χ2n) is 9.24. The fraction of sp³-hybridized carbons (Fsp3) is 0.591. The van der Waals surface area contributed by atoms with Crippen molar-refractivity contribution in [3.8, 4) is 6.07 Å². The van der Waals surface area contributed by atoms with Gasteiger partial charge in [0.05, 0.1) is 22.7 Å². The minimum atomic E-state index is -0.278. The molecule has 0 atom stereocenters. The van der Waals surface area contributed by atoms with Crippen LogP contribution in [0.25, 0.3) is 0 Å². The van der Waals surface area contributed by atoms with E-state index < -0.39 is 0 Å². The van der Waals surface area contributed by atoms with Gasteiger partial charge in [-0.05, 0) is 63.6 Å². The van der Waals surface area contributed by atoms with Gasteiger partial charge in [0.15, 0.2) is 0 Å². The molecule has 1 aromatic rings. The van der Waals surface area contributed by atoms with E-state index in [0.717, 1.165) is 38.9 Å². The van der Waals surface area contributed by atoms with Gasteiger partial charge in [-0.2, -0.15) is 5.26 Å². The average Bonchev–Trinajstić information content (AvgIpc) is 3.39. The lowest BCUT2D eigenvalue weighted by molar-refractivity contribution is 0.00578. The molecule has 2 heterocycles. The fourth-order valence-corrected chi connectivity index (χ4v) is 3.86. The third-order valence-electron chi connectivity index (χ3n) is 6.76. The summed E-state index contributed by atoms with van der Waals surface area (Å²) >= 11 is 0. The van der Waals surface area contributed by atoms with Gasteiger partial charge in [-0.15, -0.1) is 0 Å². The highest BCUT2D eigenvalue weighted by atomic mass is 16.7. The Kier molecular flexibility index (Phi) is 4.50. The average molecular weight is 364 g/mol. The molecular weight excluding hydrogens is 335 g/mol. The van der Waals surface area contributed by atoms with E-state index in [9.17, 15) is 5.26 Å². The van der Waals surface area contributed by atoms with E-state index in [1.807, 2.05) is 0 Å². The summed E-state index contributed by atoms with van der Waals surface area (Å²) in [7, 11) is -0.211. The molecule has 0 unspecified atom stereocenters. The van der Waals surface area contributed by atoms with E-state index in [1.54, 1.807) is 0 Å². The molecule has 0 radical (unpaired) electrons. The summed E-state index contributed by atoms with van der Waals surface area (Å²) in [5.74, 6) is 0. The van der Waals surface area contributed by atoms with Crippen LogP contribution in [-0.4, -0.2) is 36.3 Å². The van der Waals surface area contributed by atoms with E-state index in [4.69, 9.17) is 9.31 Å². The molecule has 4 rings (SSSR count). The molecule has 2 fully saturated rings. The Morgan fingerprint density at radius 3 is 2.19 bits per heavy atom. The summed E-state index contributed by atoms with van der Waals surface area (Å²) in [4.78, 5) is 2.45. The van der Waals surface area contributed by atoms with Crippen molar-refractivity contribution in [2.24, 2.45) is 0 Å². The fourth-order valence-electron chi connectivity index (χ4n) is 3.86. The summed E-state index contributed by atoms with van der Waals surface area (Å²) in [5.41, 5.74) is 3.00. The van der Waals surface area contributed by atoms with E-state index in [1.165, 1.54) is 16.6 Å². The van der Waals surface area contributed by atoms with E-state index >= 15 is 0 Å². The molecule has 5 heteroatoms. The topological polar surface area (TPSA) is 45.5 Å². The van der Waals surface area contributed by atoms with Crippen molar-refractivity contribution in [1.29, 1.82) is 5.26 Å². The van der Waals surface area contributed by atoms with Crippen LogP contribution in [-0.2, 0) is 21.3 Å². The molecule has 1 aliphatic carbocycles. The standard InChI is InChI=1S/C22H29BN2O2/c1-20(2)21(3,4)27-23(26-20)19-9-13-25(14-10-19)15-17-5-7-18(8-6-17)22(16-24)11-12-22/h5-9H,10-15H2,1-4H3. The maximum absolute atomic E-state index is 9.33. The largest absolute Gasteiger partial charge is 0.490 e. The minimum Gasteiger partial charge on any atom is -0.400 e. The second-order valence-corrected chi connectivity index (χ2v) is 9.24. The third kappa shape index (κ3) is 3.47. The molecular formula is C22H29BN2O2. The van der Waals surface area contributed by atoms with Crippen LogP contribution >= 0.6 is 0 Å². The summed E-state index contributed by atoms with van der Waals surface area (Å²) in [6.07, 6.45) is 5.25. The molecule has 0 N–H and O–H groups in total. The number of benzene rings is 1. The van der Waals surface area contributed by atoms with Crippen LogP contribution < -0.4 is 0 Å². The highest BCUT2D eigenvalue weighted by Crippen LogP contribution is 2.47. The third-order valence-corrected chi connectivity index (χ3v) is 6.76. The first-order valence-electron chi connectivity index (χ1n) is 10.0. The number of rotatable bonds is 4. The van der Waals surface area contributed by atoms with Crippen LogP contribution in [0.3, 0.4) is 0 Å². The molecule has 0 amide bonds. The maximum Gasteiger partial charge on any atom is 0.490 e. The molecule has 1 aromatic carbocycles. The molecule has 0 aromatic heterocycles. The van der Waals surface area contributed by atoms with Crippen LogP contribution in [0.1, 0.15) is 58.1 Å². The molecule has 142 valence electrons. The molecule has 3 aliphatic rings. The monoisotopic (exact) mass is 364 g/mol. The Balaban J connectivity index is 1.35. The molecule has 1 saturated carbocycles. The Morgan fingerprint density at radius 1 is 1.07 bits per heavy atom. The van der Waals surface area contributed by atoms with Gasteiger partial charge in [0.1, 0.15) is 0 Å². The lowest BCUT2D eigenvalue weighted by Crippen LogP contribution is -2.41. The van der Waals surface area contributed by atoms with Gasteiger partial charge >= 0.3 is 7.12 Å². The highest BCUT2D eigenvalue weighted by molar-refractivity contribution is 6.54. The number of hydrogen-bond donors (Lipinski definition) is 0.